The highest BCUT2D eigenvalue weighted by molar-refractivity contribution is 5.77. The number of ether oxygens (including phenoxy) is 1. The van der Waals surface area contributed by atoms with Crippen LogP contribution >= 0.6 is 0 Å². The van der Waals surface area contributed by atoms with E-state index < -0.39 is 5.60 Å². The number of amides is 1. The zero-order valence-corrected chi connectivity index (χ0v) is 15.7. The van der Waals surface area contributed by atoms with Gasteiger partial charge in [-0.15, -0.1) is 0 Å². The summed E-state index contributed by atoms with van der Waals surface area (Å²) >= 11 is 0. The van der Waals surface area contributed by atoms with E-state index in [4.69, 9.17) is 4.74 Å². The second-order valence-corrected chi connectivity index (χ2v) is 7.39. The van der Waals surface area contributed by atoms with Crippen LogP contribution in [0.4, 0.5) is 10.5 Å². The van der Waals surface area contributed by atoms with Crippen molar-refractivity contribution in [1.29, 1.82) is 0 Å². The molecule has 0 aliphatic carbocycles. The number of nitrogens with zero attached hydrogens (tertiary/aromatic N) is 2. The molecule has 1 N–H and O–H groups in total. The minimum absolute atomic E-state index is 0.128. The molecule has 0 radical (unpaired) electrons. The third-order valence-corrected chi connectivity index (χ3v) is 3.95. The van der Waals surface area contributed by atoms with Gasteiger partial charge in [0, 0.05) is 38.4 Å². The Bertz CT molecular complexity index is 602. The molecular formula is C19H29N3O3. The first-order valence-electron chi connectivity index (χ1n) is 8.77. The molecule has 0 unspecified atom stereocenters. The van der Waals surface area contributed by atoms with Gasteiger partial charge in [0.05, 0.1) is 6.54 Å². The molecule has 1 aliphatic rings. The largest absolute Gasteiger partial charge is 0.444 e. The molecule has 6 heteroatoms. The molecule has 6 nitrogen and oxygen atoms in total. The number of ketones is 1. The summed E-state index contributed by atoms with van der Waals surface area (Å²) in [4.78, 5) is 27.3. The van der Waals surface area contributed by atoms with Gasteiger partial charge in [-0.1, -0.05) is 18.2 Å². The van der Waals surface area contributed by atoms with Crippen molar-refractivity contribution < 1.29 is 14.3 Å². The van der Waals surface area contributed by atoms with Crippen LogP contribution in [-0.2, 0) is 16.1 Å². The third kappa shape index (κ3) is 6.05. The Kier molecular flexibility index (Phi) is 6.42. The molecule has 2 rings (SSSR count). The molecular weight excluding hydrogens is 318 g/mol. The summed E-state index contributed by atoms with van der Waals surface area (Å²) in [5.41, 5.74) is 1.85. The number of para-hydroxylation sites is 1. The fourth-order valence-electron chi connectivity index (χ4n) is 2.80. The predicted octanol–water partition coefficient (Wildman–Crippen LogP) is 2.42. The van der Waals surface area contributed by atoms with Gasteiger partial charge in [-0.25, -0.2) is 4.79 Å². The molecule has 25 heavy (non-hydrogen) atoms. The minimum atomic E-state index is -0.469. The van der Waals surface area contributed by atoms with E-state index in [0.29, 0.717) is 26.2 Å². The summed E-state index contributed by atoms with van der Waals surface area (Å²) in [5, 5.41) is 3.17. The summed E-state index contributed by atoms with van der Waals surface area (Å²) in [7, 11) is 0. The molecule has 1 aromatic rings. The van der Waals surface area contributed by atoms with Crippen molar-refractivity contribution in [1.82, 2.24) is 10.2 Å². The van der Waals surface area contributed by atoms with Crippen molar-refractivity contribution in [3.63, 3.8) is 0 Å². The first kappa shape index (κ1) is 19.2. The van der Waals surface area contributed by atoms with Gasteiger partial charge in [0.2, 0.25) is 0 Å². The summed E-state index contributed by atoms with van der Waals surface area (Å²) < 4.78 is 5.44. The Labute approximate surface area is 150 Å². The standard InChI is InChI=1S/C19H29N3O3/c1-15(23)13-20-14-16-7-5-6-8-17(16)21-9-11-22(12-10-21)18(24)25-19(2,3)4/h5-8,20H,9-14H2,1-4H3. The normalized spacial score (nSPS) is 15.2. The van der Waals surface area contributed by atoms with Gasteiger partial charge in [0.1, 0.15) is 11.4 Å². The maximum Gasteiger partial charge on any atom is 0.410 e. The average Bonchev–Trinajstić information content (AvgIpc) is 2.53. The lowest BCUT2D eigenvalue weighted by Crippen LogP contribution is -2.50. The second-order valence-electron chi connectivity index (χ2n) is 7.39. The van der Waals surface area contributed by atoms with E-state index in [1.54, 1.807) is 11.8 Å². The van der Waals surface area contributed by atoms with Crippen LogP contribution in [0.15, 0.2) is 24.3 Å². The fourth-order valence-corrected chi connectivity index (χ4v) is 2.80. The van der Waals surface area contributed by atoms with Gasteiger partial charge in [-0.05, 0) is 39.3 Å². The van der Waals surface area contributed by atoms with Crippen molar-refractivity contribution in [2.75, 3.05) is 37.6 Å². The van der Waals surface area contributed by atoms with Crippen LogP contribution in [0.2, 0.25) is 0 Å². The van der Waals surface area contributed by atoms with E-state index in [0.717, 1.165) is 24.3 Å². The number of benzene rings is 1. The maximum absolute atomic E-state index is 12.2. The van der Waals surface area contributed by atoms with E-state index in [-0.39, 0.29) is 11.9 Å². The molecule has 1 amide bonds. The number of Topliss-reactive ketones (excluding diaryl/α,β-unsaturated/α-hetero) is 1. The summed E-state index contributed by atoms with van der Waals surface area (Å²) in [6.07, 6.45) is -0.247. The number of anilines is 1. The van der Waals surface area contributed by atoms with Gasteiger partial charge < -0.3 is 19.9 Å². The van der Waals surface area contributed by atoms with Crippen LogP contribution in [0, 0.1) is 0 Å². The van der Waals surface area contributed by atoms with Gasteiger partial charge >= 0.3 is 6.09 Å². The van der Waals surface area contributed by atoms with Gasteiger partial charge in [0.15, 0.2) is 0 Å². The molecule has 0 saturated carbocycles. The quantitative estimate of drug-likeness (QED) is 0.886. The number of carbonyl (C=O) groups is 2. The fraction of sp³-hybridized carbons (Fsp3) is 0.579. The van der Waals surface area contributed by atoms with Crippen molar-refractivity contribution in [2.24, 2.45) is 0 Å². The van der Waals surface area contributed by atoms with Crippen LogP contribution in [0.3, 0.4) is 0 Å². The topological polar surface area (TPSA) is 61.9 Å². The van der Waals surface area contributed by atoms with Gasteiger partial charge in [-0.3, -0.25) is 4.79 Å². The highest BCUT2D eigenvalue weighted by atomic mass is 16.6. The van der Waals surface area contributed by atoms with Crippen LogP contribution in [0.25, 0.3) is 0 Å². The first-order chi connectivity index (χ1) is 11.8. The number of nitrogens with one attached hydrogen (secondary N) is 1. The lowest BCUT2D eigenvalue weighted by atomic mass is 10.1. The van der Waals surface area contributed by atoms with Crippen LogP contribution in [0.1, 0.15) is 33.3 Å². The SMILES string of the molecule is CC(=O)CNCc1ccccc1N1CCN(C(=O)OC(C)(C)C)CC1. The number of carbonyl (C=O) groups excluding carboxylic acids is 2. The van der Waals surface area contributed by atoms with E-state index in [1.165, 1.54) is 0 Å². The molecule has 0 spiro atoms. The lowest BCUT2D eigenvalue weighted by Gasteiger charge is -2.37. The summed E-state index contributed by atoms with van der Waals surface area (Å²) in [6, 6.07) is 8.19. The number of hydrogen-bond donors (Lipinski definition) is 1. The molecule has 1 aromatic carbocycles. The van der Waals surface area contributed by atoms with Crippen LogP contribution in [-0.4, -0.2) is 55.1 Å². The van der Waals surface area contributed by atoms with Crippen LogP contribution < -0.4 is 10.2 Å². The first-order valence-corrected chi connectivity index (χ1v) is 8.77. The van der Waals surface area contributed by atoms with Crippen molar-refractivity contribution in [3.8, 4) is 0 Å². The highest BCUT2D eigenvalue weighted by Crippen LogP contribution is 2.22. The van der Waals surface area contributed by atoms with Gasteiger partial charge in [0.25, 0.3) is 0 Å². The zero-order chi connectivity index (χ0) is 18.4. The van der Waals surface area contributed by atoms with E-state index in [1.807, 2.05) is 32.9 Å². The number of rotatable bonds is 5. The van der Waals surface area contributed by atoms with Crippen LogP contribution in [0.5, 0.6) is 0 Å². The van der Waals surface area contributed by atoms with E-state index >= 15 is 0 Å². The average molecular weight is 347 g/mol. The van der Waals surface area contributed by atoms with Crippen molar-refractivity contribution >= 4 is 17.6 Å². The Hall–Kier alpha value is -2.08. The van der Waals surface area contributed by atoms with E-state index in [2.05, 4.69) is 22.3 Å². The Morgan fingerprint density at radius 3 is 2.36 bits per heavy atom. The Morgan fingerprint density at radius 1 is 1.12 bits per heavy atom. The lowest BCUT2D eigenvalue weighted by molar-refractivity contribution is -0.116. The molecule has 1 heterocycles. The highest BCUT2D eigenvalue weighted by Gasteiger charge is 2.26. The molecule has 138 valence electrons. The summed E-state index contributed by atoms with van der Waals surface area (Å²) in [5.74, 6) is 0.128. The molecule has 1 aliphatic heterocycles. The number of hydrogen-bond acceptors (Lipinski definition) is 5. The molecule has 0 bridgehead atoms. The molecule has 0 atom stereocenters. The molecule has 1 fully saturated rings. The van der Waals surface area contributed by atoms with Crippen molar-refractivity contribution in [3.05, 3.63) is 29.8 Å². The second kappa shape index (κ2) is 8.34. The predicted molar refractivity (Wildman–Crippen MR) is 98.8 cm³/mol. The smallest absolute Gasteiger partial charge is 0.410 e. The monoisotopic (exact) mass is 347 g/mol. The Balaban J connectivity index is 1.94. The third-order valence-electron chi connectivity index (χ3n) is 3.95. The summed E-state index contributed by atoms with van der Waals surface area (Å²) in [6.45, 7) is 11.1. The number of piperazine rings is 1. The molecule has 0 aromatic heterocycles. The van der Waals surface area contributed by atoms with Gasteiger partial charge in [-0.2, -0.15) is 0 Å². The van der Waals surface area contributed by atoms with Crippen molar-refractivity contribution in [2.45, 2.75) is 39.8 Å². The van der Waals surface area contributed by atoms with E-state index in [9.17, 15) is 9.59 Å². The molecule has 1 saturated heterocycles. The zero-order valence-electron chi connectivity index (χ0n) is 15.7. The minimum Gasteiger partial charge on any atom is -0.444 e. The maximum atomic E-state index is 12.2. The Morgan fingerprint density at radius 2 is 1.76 bits per heavy atom.